The lowest BCUT2D eigenvalue weighted by molar-refractivity contribution is 0.567. The highest BCUT2D eigenvalue weighted by atomic mass is 32.2. The second kappa shape index (κ2) is 3.96. The first-order valence-electron chi connectivity index (χ1n) is 5.50. The Kier molecular flexibility index (Phi) is 2.50. The molecular formula is C9H10N6O3S. The van der Waals surface area contributed by atoms with Crippen molar-refractivity contribution in [3.05, 3.63) is 22.5 Å². The molecule has 10 heteroatoms. The number of aromatic nitrogens is 5. The van der Waals surface area contributed by atoms with Gasteiger partial charge in [0.25, 0.3) is 20.7 Å². The van der Waals surface area contributed by atoms with E-state index in [1.165, 1.54) is 16.7 Å². The number of rotatable bonds is 3. The molecule has 9 nitrogen and oxygen atoms in total. The van der Waals surface area contributed by atoms with Gasteiger partial charge in [-0.15, -0.1) is 10.2 Å². The fourth-order valence-corrected chi connectivity index (χ4v) is 2.44. The van der Waals surface area contributed by atoms with Crippen LogP contribution in [0.25, 0.3) is 11.5 Å². The van der Waals surface area contributed by atoms with Crippen molar-refractivity contribution in [1.29, 1.82) is 0 Å². The average Bonchev–Trinajstić information content (AvgIpc) is 3.07. The van der Waals surface area contributed by atoms with Crippen molar-refractivity contribution in [1.82, 2.24) is 25.0 Å². The maximum atomic E-state index is 11.5. The zero-order valence-corrected chi connectivity index (χ0v) is 10.5. The van der Waals surface area contributed by atoms with Crippen molar-refractivity contribution in [3.8, 4) is 11.5 Å². The summed E-state index contributed by atoms with van der Waals surface area (Å²) in [5.41, 5.74) is -0.0122. The van der Waals surface area contributed by atoms with E-state index < -0.39 is 10.0 Å². The van der Waals surface area contributed by atoms with Gasteiger partial charge < -0.3 is 0 Å². The molecule has 19 heavy (non-hydrogen) atoms. The molecule has 0 amide bonds. The molecule has 3 N–H and O–H groups in total. The van der Waals surface area contributed by atoms with Crippen molar-refractivity contribution in [2.45, 2.75) is 24.0 Å². The third kappa shape index (κ3) is 2.15. The number of H-pyrrole nitrogens is 1. The predicted molar refractivity (Wildman–Crippen MR) is 63.5 cm³/mol. The average molecular weight is 282 g/mol. The van der Waals surface area contributed by atoms with E-state index in [0.717, 1.165) is 12.8 Å². The van der Waals surface area contributed by atoms with Crippen molar-refractivity contribution >= 4 is 10.0 Å². The monoisotopic (exact) mass is 282 g/mol. The lowest BCUT2D eigenvalue weighted by Crippen LogP contribution is -2.18. The van der Waals surface area contributed by atoms with Crippen LogP contribution in [0.3, 0.4) is 0 Å². The third-order valence-corrected chi connectivity index (χ3v) is 3.53. The molecule has 0 aromatic carbocycles. The minimum Gasteiger partial charge on any atom is -0.292 e. The second-order valence-electron chi connectivity index (χ2n) is 4.26. The molecule has 1 aliphatic rings. The van der Waals surface area contributed by atoms with Crippen LogP contribution in [0.4, 0.5) is 0 Å². The Labute approximate surface area is 107 Å². The first kappa shape index (κ1) is 12.0. The Morgan fingerprint density at radius 3 is 2.58 bits per heavy atom. The summed E-state index contributed by atoms with van der Waals surface area (Å²) in [6.07, 6.45) is 1.66. The first-order chi connectivity index (χ1) is 8.97. The van der Waals surface area contributed by atoms with Crippen LogP contribution in [0.2, 0.25) is 0 Å². The fourth-order valence-electron chi connectivity index (χ4n) is 1.78. The van der Waals surface area contributed by atoms with Gasteiger partial charge in [0.2, 0.25) is 0 Å². The molecule has 0 atom stereocenters. The van der Waals surface area contributed by atoms with Gasteiger partial charge in [0.15, 0.2) is 5.82 Å². The molecule has 0 spiro atoms. The molecule has 1 saturated carbocycles. The van der Waals surface area contributed by atoms with Crippen molar-refractivity contribution in [2.24, 2.45) is 5.14 Å². The van der Waals surface area contributed by atoms with Gasteiger partial charge in [-0.1, -0.05) is 0 Å². The Morgan fingerprint density at radius 2 is 2.05 bits per heavy atom. The maximum Gasteiger partial charge on any atom is 0.273 e. The summed E-state index contributed by atoms with van der Waals surface area (Å²) >= 11 is 0. The lowest BCUT2D eigenvalue weighted by atomic mass is 10.3. The first-order valence-corrected chi connectivity index (χ1v) is 7.05. The summed E-state index contributed by atoms with van der Waals surface area (Å²) < 4.78 is 24.4. The zero-order valence-electron chi connectivity index (χ0n) is 9.65. The number of hydrogen-bond acceptors (Lipinski definition) is 6. The summed E-state index contributed by atoms with van der Waals surface area (Å²) in [6.45, 7) is 0. The van der Waals surface area contributed by atoms with Crippen LogP contribution in [-0.2, 0) is 10.0 Å². The number of nitrogens with two attached hydrogens (primary N) is 1. The largest absolute Gasteiger partial charge is 0.292 e. The van der Waals surface area contributed by atoms with Crippen molar-refractivity contribution in [2.75, 3.05) is 0 Å². The molecule has 0 bridgehead atoms. The maximum absolute atomic E-state index is 11.5. The van der Waals surface area contributed by atoms with Crippen molar-refractivity contribution in [3.63, 3.8) is 0 Å². The minimum absolute atomic E-state index is 0.00653. The van der Waals surface area contributed by atoms with Gasteiger partial charge in [0, 0.05) is 12.1 Å². The number of nitrogens with zero attached hydrogens (tertiary/aromatic N) is 4. The van der Waals surface area contributed by atoms with Crippen LogP contribution in [-0.4, -0.2) is 33.4 Å². The highest BCUT2D eigenvalue weighted by molar-refractivity contribution is 7.89. The molecule has 2 heterocycles. The normalized spacial score (nSPS) is 15.6. The van der Waals surface area contributed by atoms with Gasteiger partial charge in [0.1, 0.15) is 5.69 Å². The summed E-state index contributed by atoms with van der Waals surface area (Å²) in [7, 11) is -3.94. The van der Waals surface area contributed by atoms with E-state index >= 15 is 0 Å². The Morgan fingerprint density at radius 1 is 1.32 bits per heavy atom. The van der Waals surface area contributed by atoms with Crippen LogP contribution in [0.5, 0.6) is 0 Å². The highest BCUT2D eigenvalue weighted by Crippen LogP contribution is 2.39. The van der Waals surface area contributed by atoms with Crippen LogP contribution in [0.1, 0.15) is 18.9 Å². The van der Waals surface area contributed by atoms with Crippen LogP contribution < -0.4 is 10.7 Å². The number of nitrogens with one attached hydrogen (secondary N) is 1. The van der Waals surface area contributed by atoms with Crippen molar-refractivity contribution < 1.29 is 8.42 Å². The molecule has 0 saturated heterocycles. The van der Waals surface area contributed by atoms with Gasteiger partial charge in [-0.25, -0.2) is 18.7 Å². The molecule has 1 aliphatic carbocycles. The Balaban J connectivity index is 2.19. The molecule has 100 valence electrons. The SMILES string of the molecule is NS(=O)(=O)c1nnc(-c2ccc(=O)[nH]n2)n1C1CC1. The van der Waals surface area contributed by atoms with Gasteiger partial charge in [0.05, 0.1) is 0 Å². The number of aromatic amines is 1. The summed E-state index contributed by atoms with van der Waals surface area (Å²) in [4.78, 5) is 11.0. The summed E-state index contributed by atoms with van der Waals surface area (Å²) in [5.74, 6) is 0.280. The number of primary sulfonamides is 1. The molecule has 2 aromatic heterocycles. The molecule has 0 radical (unpaired) electrons. The summed E-state index contributed by atoms with van der Waals surface area (Å²) in [5, 5.41) is 18.3. The van der Waals surface area contributed by atoms with Crippen LogP contribution in [0.15, 0.2) is 22.1 Å². The van der Waals surface area contributed by atoms with E-state index in [9.17, 15) is 13.2 Å². The van der Waals surface area contributed by atoms with Gasteiger partial charge >= 0.3 is 0 Å². The van der Waals surface area contributed by atoms with E-state index in [-0.39, 0.29) is 22.6 Å². The fraction of sp³-hybridized carbons (Fsp3) is 0.333. The smallest absolute Gasteiger partial charge is 0.273 e. The predicted octanol–water partition coefficient (Wildman–Crippen LogP) is -0.989. The third-order valence-electron chi connectivity index (χ3n) is 2.74. The zero-order chi connectivity index (χ0) is 13.6. The molecule has 0 unspecified atom stereocenters. The molecular weight excluding hydrogens is 272 g/mol. The minimum atomic E-state index is -3.94. The van der Waals surface area contributed by atoms with E-state index in [4.69, 9.17) is 5.14 Å². The highest BCUT2D eigenvalue weighted by Gasteiger charge is 2.33. The molecule has 3 rings (SSSR count). The van der Waals surface area contributed by atoms with Crippen LogP contribution >= 0.6 is 0 Å². The molecule has 0 aliphatic heterocycles. The Bertz CT molecular complexity index is 768. The van der Waals surface area contributed by atoms with Crippen LogP contribution in [0, 0.1) is 0 Å². The summed E-state index contributed by atoms with van der Waals surface area (Å²) in [6, 6.07) is 2.74. The topological polar surface area (TPSA) is 137 Å². The van der Waals surface area contributed by atoms with Gasteiger partial charge in [-0.05, 0) is 18.9 Å². The quantitative estimate of drug-likeness (QED) is 0.741. The van der Waals surface area contributed by atoms with E-state index in [0.29, 0.717) is 5.69 Å². The number of hydrogen-bond donors (Lipinski definition) is 2. The van der Waals surface area contributed by atoms with E-state index in [1.54, 1.807) is 0 Å². The second-order valence-corrected chi connectivity index (χ2v) is 5.71. The number of sulfonamides is 1. The van der Waals surface area contributed by atoms with Gasteiger partial charge in [-0.3, -0.25) is 9.36 Å². The lowest BCUT2D eigenvalue weighted by Gasteiger charge is -2.06. The molecule has 1 fully saturated rings. The Hall–Kier alpha value is -2.07. The standard InChI is InChI=1S/C9H10N6O3S/c10-19(17,18)9-14-13-8(15(9)5-1-2-5)6-3-4-7(16)12-11-6/h3-5H,1-2H2,(H,12,16)(H2,10,17,18). The van der Waals surface area contributed by atoms with E-state index in [1.807, 2.05) is 0 Å². The molecule has 2 aromatic rings. The van der Waals surface area contributed by atoms with E-state index in [2.05, 4.69) is 20.4 Å². The van der Waals surface area contributed by atoms with Gasteiger partial charge in [-0.2, -0.15) is 5.10 Å².